The van der Waals surface area contributed by atoms with Crippen LogP contribution in [-0.2, 0) is 21.9 Å². The second-order valence-electron chi connectivity index (χ2n) is 8.75. The van der Waals surface area contributed by atoms with Gasteiger partial charge in [0, 0.05) is 18.3 Å². The molecule has 32 heavy (non-hydrogen) atoms. The molecule has 2 aromatic rings. The van der Waals surface area contributed by atoms with Crippen LogP contribution in [0.1, 0.15) is 62.1 Å². The molecule has 0 saturated heterocycles. The van der Waals surface area contributed by atoms with Crippen LogP contribution < -0.4 is 5.32 Å². The second kappa shape index (κ2) is 12.7. The van der Waals surface area contributed by atoms with Crippen molar-refractivity contribution in [3.05, 3.63) is 71.3 Å². The molecule has 0 radical (unpaired) electrons. The van der Waals surface area contributed by atoms with E-state index >= 15 is 0 Å². The molecule has 0 unspecified atom stereocenters. The number of carbonyl (C=O) groups excluding carboxylic acids is 2. The van der Waals surface area contributed by atoms with Gasteiger partial charge in [0.1, 0.15) is 6.04 Å². The first-order chi connectivity index (χ1) is 15.6. The maximum Gasteiger partial charge on any atom is 0.243 e. The van der Waals surface area contributed by atoms with Gasteiger partial charge in [0.05, 0.1) is 5.75 Å². The summed E-state index contributed by atoms with van der Waals surface area (Å²) in [5, 5.41) is 3.24. The van der Waals surface area contributed by atoms with E-state index in [0.29, 0.717) is 18.7 Å². The molecule has 0 spiro atoms. The van der Waals surface area contributed by atoms with E-state index in [1.807, 2.05) is 25.1 Å². The molecule has 1 atom stereocenters. The van der Waals surface area contributed by atoms with Crippen LogP contribution >= 0.6 is 11.8 Å². The van der Waals surface area contributed by atoms with Gasteiger partial charge in [-0.2, -0.15) is 0 Å². The van der Waals surface area contributed by atoms with Crippen molar-refractivity contribution in [2.75, 3.05) is 5.75 Å². The normalized spacial score (nSPS) is 15.2. The molecule has 3 rings (SSSR count). The molecule has 1 aliphatic rings. The Bertz CT molecular complexity index is 848. The third kappa shape index (κ3) is 7.40. The van der Waals surface area contributed by atoms with E-state index < -0.39 is 6.04 Å². The number of benzene rings is 2. The maximum atomic E-state index is 13.3. The Hall–Kier alpha value is -2.27. The summed E-state index contributed by atoms with van der Waals surface area (Å²) in [5.74, 6) is 1.18. The van der Waals surface area contributed by atoms with Gasteiger partial charge in [-0.15, -0.1) is 11.8 Å². The molecule has 1 saturated carbocycles. The van der Waals surface area contributed by atoms with Crippen molar-refractivity contribution in [3.8, 4) is 0 Å². The van der Waals surface area contributed by atoms with Gasteiger partial charge in [-0.1, -0.05) is 86.3 Å². The van der Waals surface area contributed by atoms with Gasteiger partial charge < -0.3 is 10.2 Å². The second-order valence-corrected chi connectivity index (χ2v) is 9.74. The molecule has 1 aliphatic carbocycles. The van der Waals surface area contributed by atoms with Crippen molar-refractivity contribution >= 4 is 23.6 Å². The molecule has 0 aromatic heterocycles. The molecule has 1 N–H and O–H groups in total. The molecule has 1 fully saturated rings. The highest BCUT2D eigenvalue weighted by molar-refractivity contribution is 7.99. The smallest absolute Gasteiger partial charge is 0.243 e. The summed E-state index contributed by atoms with van der Waals surface area (Å²) >= 11 is 1.61. The van der Waals surface area contributed by atoms with Crippen molar-refractivity contribution in [2.24, 2.45) is 0 Å². The van der Waals surface area contributed by atoms with E-state index in [0.717, 1.165) is 24.2 Å². The van der Waals surface area contributed by atoms with Gasteiger partial charge in [0.2, 0.25) is 11.8 Å². The Morgan fingerprint density at radius 1 is 1.00 bits per heavy atom. The fourth-order valence-electron chi connectivity index (χ4n) is 4.27. The number of hydrogen-bond donors (Lipinski definition) is 1. The minimum Gasteiger partial charge on any atom is -0.352 e. The monoisotopic (exact) mass is 452 g/mol. The summed E-state index contributed by atoms with van der Waals surface area (Å²) in [5.41, 5.74) is 3.45. The summed E-state index contributed by atoms with van der Waals surface area (Å²) < 4.78 is 0. The van der Waals surface area contributed by atoms with E-state index in [9.17, 15) is 9.59 Å². The lowest BCUT2D eigenvalue weighted by molar-refractivity contribution is -0.139. The van der Waals surface area contributed by atoms with E-state index in [1.54, 1.807) is 16.7 Å². The molecule has 4 nitrogen and oxygen atoms in total. The lowest BCUT2D eigenvalue weighted by Gasteiger charge is -2.32. The first kappa shape index (κ1) is 24.4. The Morgan fingerprint density at radius 3 is 2.34 bits per heavy atom. The van der Waals surface area contributed by atoms with E-state index in [2.05, 4.69) is 48.6 Å². The summed E-state index contributed by atoms with van der Waals surface area (Å²) in [6.45, 7) is 4.51. The number of thioether (sulfide) groups is 1. The van der Waals surface area contributed by atoms with Crippen LogP contribution in [0.4, 0.5) is 0 Å². The summed E-state index contributed by atoms with van der Waals surface area (Å²) in [6.07, 6.45) is 6.29. The Labute approximate surface area is 197 Å². The summed E-state index contributed by atoms with van der Waals surface area (Å²) in [4.78, 5) is 28.3. The average molecular weight is 453 g/mol. The minimum absolute atomic E-state index is 0.00655. The zero-order valence-electron chi connectivity index (χ0n) is 19.4. The van der Waals surface area contributed by atoms with Crippen molar-refractivity contribution < 1.29 is 9.59 Å². The van der Waals surface area contributed by atoms with E-state index in [-0.39, 0.29) is 17.9 Å². The number of rotatable bonds is 10. The Balaban J connectivity index is 1.69. The predicted octanol–water partition coefficient (Wildman–Crippen LogP) is 5.48. The lowest BCUT2D eigenvalue weighted by atomic mass is 9.95. The maximum absolute atomic E-state index is 13.3. The summed E-state index contributed by atoms with van der Waals surface area (Å²) in [6, 6.07) is 18.2. The zero-order chi connectivity index (χ0) is 22.8. The van der Waals surface area contributed by atoms with Gasteiger partial charge in [-0.05, 0) is 37.3 Å². The van der Waals surface area contributed by atoms with Crippen LogP contribution in [0.5, 0.6) is 0 Å². The fourth-order valence-corrected chi connectivity index (χ4v) is 5.14. The molecule has 172 valence electrons. The molecule has 2 aromatic carbocycles. The van der Waals surface area contributed by atoms with Gasteiger partial charge in [-0.25, -0.2) is 0 Å². The quantitative estimate of drug-likeness (QED) is 0.519. The van der Waals surface area contributed by atoms with Crippen molar-refractivity contribution in [2.45, 2.75) is 76.8 Å². The highest BCUT2D eigenvalue weighted by Gasteiger charge is 2.30. The SMILES string of the molecule is CC[C@@H](C(=O)NC1CCCCC1)N(Cc1ccc(C)cc1)C(=O)CSCc1ccccc1. The first-order valence-electron chi connectivity index (χ1n) is 11.8. The van der Waals surface area contributed by atoms with Crippen LogP contribution in [0.2, 0.25) is 0 Å². The van der Waals surface area contributed by atoms with Gasteiger partial charge in [-0.3, -0.25) is 9.59 Å². The topological polar surface area (TPSA) is 49.4 Å². The average Bonchev–Trinajstić information content (AvgIpc) is 2.81. The number of amides is 2. The first-order valence-corrected chi connectivity index (χ1v) is 13.0. The van der Waals surface area contributed by atoms with Gasteiger partial charge in [0.25, 0.3) is 0 Å². The number of hydrogen-bond acceptors (Lipinski definition) is 3. The van der Waals surface area contributed by atoms with E-state index in [1.165, 1.54) is 30.4 Å². The number of aryl methyl sites for hydroxylation is 1. The fraction of sp³-hybridized carbons (Fsp3) is 0.481. The Morgan fingerprint density at radius 2 is 1.69 bits per heavy atom. The van der Waals surface area contributed by atoms with Gasteiger partial charge >= 0.3 is 0 Å². The number of nitrogens with one attached hydrogen (secondary N) is 1. The van der Waals surface area contributed by atoms with Crippen LogP contribution in [-0.4, -0.2) is 34.6 Å². The minimum atomic E-state index is -0.442. The number of carbonyl (C=O) groups is 2. The van der Waals surface area contributed by atoms with Crippen molar-refractivity contribution in [3.63, 3.8) is 0 Å². The van der Waals surface area contributed by atoms with Crippen LogP contribution in [0.15, 0.2) is 54.6 Å². The zero-order valence-corrected chi connectivity index (χ0v) is 20.2. The molecular weight excluding hydrogens is 416 g/mol. The molecule has 0 heterocycles. The Kier molecular flexibility index (Phi) is 9.66. The third-order valence-corrected chi connectivity index (χ3v) is 7.14. The largest absolute Gasteiger partial charge is 0.352 e. The molecule has 5 heteroatoms. The summed E-state index contributed by atoms with van der Waals surface area (Å²) in [7, 11) is 0. The molecule has 2 amide bonds. The molecular formula is C27H36N2O2S. The van der Waals surface area contributed by atoms with Crippen molar-refractivity contribution in [1.82, 2.24) is 10.2 Å². The molecule has 0 bridgehead atoms. The van der Waals surface area contributed by atoms with Crippen LogP contribution in [0.25, 0.3) is 0 Å². The highest BCUT2D eigenvalue weighted by atomic mass is 32.2. The van der Waals surface area contributed by atoms with Crippen LogP contribution in [0, 0.1) is 6.92 Å². The van der Waals surface area contributed by atoms with E-state index in [4.69, 9.17) is 0 Å². The van der Waals surface area contributed by atoms with Gasteiger partial charge in [0.15, 0.2) is 0 Å². The predicted molar refractivity (Wildman–Crippen MR) is 133 cm³/mol. The van der Waals surface area contributed by atoms with Crippen molar-refractivity contribution in [1.29, 1.82) is 0 Å². The molecule has 0 aliphatic heterocycles. The lowest BCUT2D eigenvalue weighted by Crippen LogP contribution is -2.52. The standard InChI is InChI=1S/C27H36N2O2S/c1-3-25(27(31)28-24-12-8-5-9-13-24)29(18-22-16-14-21(2)15-17-22)26(30)20-32-19-23-10-6-4-7-11-23/h4,6-7,10-11,14-17,24-25H,3,5,8-9,12-13,18-20H2,1-2H3,(H,28,31)/t25-/m0/s1. The number of nitrogens with zero attached hydrogens (tertiary/aromatic N) is 1. The third-order valence-electron chi connectivity index (χ3n) is 6.15. The highest BCUT2D eigenvalue weighted by Crippen LogP contribution is 2.20. The van der Waals surface area contributed by atoms with Crippen LogP contribution in [0.3, 0.4) is 0 Å².